The molecule has 0 radical (unpaired) electrons. The van der Waals surface area contributed by atoms with Crippen LogP contribution >= 0.6 is 0 Å². The molecule has 1 aromatic rings. The topological polar surface area (TPSA) is 18.5 Å². The highest BCUT2D eigenvalue weighted by Crippen LogP contribution is 2.26. The summed E-state index contributed by atoms with van der Waals surface area (Å²) in [6, 6.07) is 3.57. The molecule has 2 atom stereocenters. The van der Waals surface area contributed by atoms with E-state index in [1.807, 2.05) is 26.0 Å². The number of piperazine rings is 1. The van der Waals surface area contributed by atoms with Crippen molar-refractivity contribution in [2.24, 2.45) is 0 Å². The van der Waals surface area contributed by atoms with Crippen LogP contribution in [0.5, 0.6) is 0 Å². The molecule has 1 fully saturated rings. The third kappa shape index (κ3) is 3.29. The number of hydrogen-bond acceptors (Lipinski definition) is 3. The van der Waals surface area contributed by atoms with E-state index in [1.165, 1.54) is 12.1 Å². The smallest absolute Gasteiger partial charge is 0.128 e. The van der Waals surface area contributed by atoms with Gasteiger partial charge in [0.1, 0.15) is 11.6 Å². The first-order chi connectivity index (χ1) is 8.99. The Morgan fingerprint density at radius 1 is 1.37 bits per heavy atom. The van der Waals surface area contributed by atoms with E-state index >= 15 is 0 Å². The minimum absolute atomic E-state index is 0.0880. The summed E-state index contributed by atoms with van der Waals surface area (Å²) in [6.07, 6.45) is 0. The number of hydrogen-bond donors (Lipinski definition) is 1. The minimum atomic E-state index is -0.396. The fourth-order valence-corrected chi connectivity index (χ4v) is 2.74. The lowest BCUT2D eigenvalue weighted by molar-refractivity contribution is 0.151. The summed E-state index contributed by atoms with van der Waals surface area (Å²) in [6.45, 7) is 2.66. The molecule has 5 heteroatoms. The molecule has 3 nitrogen and oxygen atoms in total. The Bertz CT molecular complexity index is 437. The van der Waals surface area contributed by atoms with E-state index in [-0.39, 0.29) is 17.9 Å². The van der Waals surface area contributed by atoms with E-state index in [1.54, 1.807) is 0 Å². The van der Waals surface area contributed by atoms with Gasteiger partial charge >= 0.3 is 0 Å². The SMILES string of the molecule is CN1CCNC(C(c2cc(F)ccc2F)N(C)C)C1. The third-order valence-corrected chi connectivity index (χ3v) is 3.62. The average molecular weight is 269 g/mol. The lowest BCUT2D eigenvalue weighted by atomic mass is 9.96. The van der Waals surface area contributed by atoms with Gasteiger partial charge in [0.05, 0.1) is 6.04 Å². The van der Waals surface area contributed by atoms with E-state index in [9.17, 15) is 8.78 Å². The van der Waals surface area contributed by atoms with Crippen LogP contribution in [-0.4, -0.2) is 56.6 Å². The van der Waals surface area contributed by atoms with Crippen molar-refractivity contribution in [2.45, 2.75) is 12.1 Å². The molecule has 1 aliphatic heterocycles. The molecule has 1 saturated heterocycles. The Kier molecular flexibility index (Phi) is 4.50. The first-order valence-corrected chi connectivity index (χ1v) is 6.52. The van der Waals surface area contributed by atoms with Gasteiger partial charge in [0.2, 0.25) is 0 Å². The predicted molar refractivity (Wildman–Crippen MR) is 72.1 cm³/mol. The number of halogens is 2. The highest BCUT2D eigenvalue weighted by molar-refractivity contribution is 5.24. The normalized spacial score (nSPS) is 22.7. The maximum absolute atomic E-state index is 14.0. The van der Waals surface area contributed by atoms with Crippen molar-refractivity contribution < 1.29 is 8.78 Å². The van der Waals surface area contributed by atoms with Gasteiger partial charge in [0.15, 0.2) is 0 Å². The van der Waals surface area contributed by atoms with Crippen LogP contribution in [0.25, 0.3) is 0 Å². The Morgan fingerprint density at radius 2 is 2.11 bits per heavy atom. The van der Waals surface area contributed by atoms with E-state index in [2.05, 4.69) is 10.2 Å². The van der Waals surface area contributed by atoms with Crippen LogP contribution in [0.4, 0.5) is 8.78 Å². The molecule has 0 amide bonds. The van der Waals surface area contributed by atoms with E-state index in [0.717, 1.165) is 25.7 Å². The molecule has 19 heavy (non-hydrogen) atoms. The average Bonchev–Trinajstić information content (AvgIpc) is 2.33. The van der Waals surface area contributed by atoms with Crippen LogP contribution in [0, 0.1) is 11.6 Å². The van der Waals surface area contributed by atoms with Crippen molar-refractivity contribution in [3.63, 3.8) is 0 Å². The lowest BCUT2D eigenvalue weighted by Gasteiger charge is -2.39. The van der Waals surface area contributed by atoms with E-state index in [4.69, 9.17) is 0 Å². The summed E-state index contributed by atoms with van der Waals surface area (Å²) in [5.74, 6) is -0.748. The Labute approximate surface area is 113 Å². The number of likely N-dealkylation sites (N-methyl/N-ethyl adjacent to an activating group) is 2. The van der Waals surface area contributed by atoms with Gasteiger partial charge in [-0.15, -0.1) is 0 Å². The van der Waals surface area contributed by atoms with Crippen molar-refractivity contribution in [3.8, 4) is 0 Å². The third-order valence-electron chi connectivity index (χ3n) is 3.62. The molecule has 2 rings (SSSR count). The second-order valence-corrected chi connectivity index (χ2v) is 5.40. The molecule has 0 saturated carbocycles. The highest BCUT2D eigenvalue weighted by Gasteiger charge is 2.30. The quantitative estimate of drug-likeness (QED) is 0.896. The van der Waals surface area contributed by atoms with Gasteiger partial charge in [-0.3, -0.25) is 0 Å². The molecular formula is C14H21F2N3. The highest BCUT2D eigenvalue weighted by atomic mass is 19.1. The largest absolute Gasteiger partial charge is 0.310 e. The Balaban J connectivity index is 2.31. The summed E-state index contributed by atoms with van der Waals surface area (Å²) in [5.41, 5.74) is 0.415. The minimum Gasteiger partial charge on any atom is -0.310 e. The van der Waals surface area contributed by atoms with Crippen molar-refractivity contribution in [3.05, 3.63) is 35.4 Å². The summed E-state index contributed by atoms with van der Waals surface area (Å²) >= 11 is 0. The van der Waals surface area contributed by atoms with Crippen molar-refractivity contribution in [2.75, 3.05) is 40.8 Å². The summed E-state index contributed by atoms with van der Waals surface area (Å²) in [7, 11) is 5.83. The fraction of sp³-hybridized carbons (Fsp3) is 0.571. The molecular weight excluding hydrogens is 248 g/mol. The first kappa shape index (κ1) is 14.4. The van der Waals surface area contributed by atoms with Gasteiger partial charge < -0.3 is 15.1 Å². The van der Waals surface area contributed by atoms with E-state index < -0.39 is 5.82 Å². The summed E-state index contributed by atoms with van der Waals surface area (Å²) in [4.78, 5) is 4.14. The molecule has 2 unspecified atom stereocenters. The number of rotatable bonds is 3. The van der Waals surface area contributed by atoms with Gasteiger partial charge in [0, 0.05) is 31.2 Å². The zero-order valence-corrected chi connectivity index (χ0v) is 11.7. The number of nitrogens with zero attached hydrogens (tertiary/aromatic N) is 2. The second-order valence-electron chi connectivity index (χ2n) is 5.40. The molecule has 106 valence electrons. The van der Waals surface area contributed by atoms with Gasteiger partial charge in [-0.25, -0.2) is 8.78 Å². The van der Waals surface area contributed by atoms with Crippen LogP contribution in [0.3, 0.4) is 0 Å². The number of benzene rings is 1. The molecule has 0 spiro atoms. The first-order valence-electron chi connectivity index (χ1n) is 6.52. The van der Waals surface area contributed by atoms with Crippen LogP contribution in [0.15, 0.2) is 18.2 Å². The zero-order valence-electron chi connectivity index (χ0n) is 11.7. The fourth-order valence-electron chi connectivity index (χ4n) is 2.74. The van der Waals surface area contributed by atoms with Gasteiger partial charge in [0.25, 0.3) is 0 Å². The molecule has 0 bridgehead atoms. The van der Waals surface area contributed by atoms with Crippen LogP contribution in [0.2, 0.25) is 0 Å². The molecule has 1 aliphatic rings. The Morgan fingerprint density at radius 3 is 2.74 bits per heavy atom. The maximum Gasteiger partial charge on any atom is 0.128 e. The number of nitrogens with one attached hydrogen (secondary N) is 1. The van der Waals surface area contributed by atoms with E-state index in [0.29, 0.717) is 5.56 Å². The van der Waals surface area contributed by atoms with Gasteiger partial charge in [-0.1, -0.05) is 0 Å². The van der Waals surface area contributed by atoms with Crippen molar-refractivity contribution in [1.29, 1.82) is 0 Å². The van der Waals surface area contributed by atoms with Crippen LogP contribution < -0.4 is 5.32 Å². The monoisotopic (exact) mass is 269 g/mol. The van der Waals surface area contributed by atoms with Gasteiger partial charge in [-0.2, -0.15) is 0 Å². The zero-order chi connectivity index (χ0) is 14.0. The standard InChI is InChI=1S/C14H21F2N3/c1-18(2)14(13-9-19(3)7-6-17-13)11-8-10(15)4-5-12(11)16/h4-5,8,13-14,17H,6-7,9H2,1-3H3. The van der Waals surface area contributed by atoms with Crippen LogP contribution in [-0.2, 0) is 0 Å². The maximum atomic E-state index is 14.0. The second kappa shape index (κ2) is 5.94. The Hall–Kier alpha value is -1.04. The molecule has 1 N–H and O–H groups in total. The van der Waals surface area contributed by atoms with Crippen LogP contribution in [0.1, 0.15) is 11.6 Å². The predicted octanol–water partition coefficient (Wildman–Crippen LogP) is 1.47. The summed E-state index contributed by atoms with van der Waals surface area (Å²) in [5, 5.41) is 3.40. The van der Waals surface area contributed by atoms with Gasteiger partial charge in [-0.05, 0) is 39.3 Å². The van der Waals surface area contributed by atoms with Crippen molar-refractivity contribution in [1.82, 2.24) is 15.1 Å². The molecule has 0 aliphatic carbocycles. The molecule has 0 aromatic heterocycles. The lowest BCUT2D eigenvalue weighted by Crippen LogP contribution is -2.54. The molecule has 1 heterocycles. The molecule has 1 aromatic carbocycles. The van der Waals surface area contributed by atoms with Crippen molar-refractivity contribution >= 4 is 0 Å². The summed E-state index contributed by atoms with van der Waals surface area (Å²) < 4.78 is 27.4.